The highest BCUT2D eigenvalue weighted by molar-refractivity contribution is 5.81. The van der Waals surface area contributed by atoms with E-state index in [9.17, 15) is 15.0 Å². The highest BCUT2D eigenvalue weighted by atomic mass is 16.5. The molecule has 0 aliphatic rings. The summed E-state index contributed by atoms with van der Waals surface area (Å²) >= 11 is 0. The predicted molar refractivity (Wildman–Crippen MR) is 119 cm³/mol. The van der Waals surface area contributed by atoms with Gasteiger partial charge in [-0.1, -0.05) is 50.8 Å². The monoisotopic (exact) mass is 426 g/mol. The number of hydrogen-bond acceptors (Lipinski definition) is 6. The van der Waals surface area contributed by atoms with E-state index in [-0.39, 0.29) is 25.2 Å². The molecule has 0 aliphatic heterocycles. The Morgan fingerprint density at radius 2 is 1.39 bits per heavy atom. The van der Waals surface area contributed by atoms with E-state index in [2.05, 4.69) is 27.0 Å². The molecular formula is C25H30O6. The fourth-order valence-corrected chi connectivity index (χ4v) is 2.83. The first-order valence-electron chi connectivity index (χ1n) is 10.0. The summed E-state index contributed by atoms with van der Waals surface area (Å²) in [4.78, 5) is 11.0. The minimum absolute atomic E-state index is 0.00910. The Kier molecular flexibility index (Phi) is 8.85. The average molecular weight is 427 g/mol. The molecule has 0 amide bonds. The lowest BCUT2D eigenvalue weighted by atomic mass is 9.78. The molecule has 166 valence electrons. The van der Waals surface area contributed by atoms with Gasteiger partial charge in [-0.25, -0.2) is 4.79 Å². The topological polar surface area (TPSA) is 85.2 Å². The van der Waals surface area contributed by atoms with Crippen LogP contribution in [-0.2, 0) is 14.9 Å². The average Bonchev–Trinajstić information content (AvgIpc) is 2.80. The Labute approximate surface area is 183 Å². The fourth-order valence-electron chi connectivity index (χ4n) is 2.83. The Bertz CT molecular complexity index is 855. The van der Waals surface area contributed by atoms with Gasteiger partial charge in [-0.3, -0.25) is 0 Å². The normalized spacial score (nSPS) is 13.0. The van der Waals surface area contributed by atoms with Crippen molar-refractivity contribution in [1.82, 2.24) is 0 Å². The van der Waals surface area contributed by atoms with Gasteiger partial charge in [-0.15, -0.1) is 6.58 Å². The van der Waals surface area contributed by atoms with Crippen LogP contribution >= 0.6 is 0 Å². The van der Waals surface area contributed by atoms with Crippen LogP contribution in [0.4, 0.5) is 0 Å². The van der Waals surface area contributed by atoms with E-state index in [1.807, 2.05) is 48.5 Å². The van der Waals surface area contributed by atoms with Gasteiger partial charge in [0.1, 0.15) is 43.5 Å². The molecule has 0 aromatic heterocycles. The molecule has 0 spiro atoms. The van der Waals surface area contributed by atoms with Gasteiger partial charge in [0.05, 0.1) is 0 Å². The van der Waals surface area contributed by atoms with Crippen molar-refractivity contribution < 1.29 is 29.2 Å². The number of carbonyl (C=O) groups is 1. The zero-order chi connectivity index (χ0) is 22.9. The van der Waals surface area contributed by atoms with Gasteiger partial charge in [0.2, 0.25) is 0 Å². The van der Waals surface area contributed by atoms with Crippen molar-refractivity contribution in [2.24, 2.45) is 0 Å². The van der Waals surface area contributed by atoms with Crippen molar-refractivity contribution in [2.75, 3.05) is 19.8 Å². The van der Waals surface area contributed by atoms with Crippen LogP contribution in [0.2, 0.25) is 0 Å². The Morgan fingerprint density at radius 3 is 1.84 bits per heavy atom. The number of aliphatic hydroxyl groups excluding tert-OH is 2. The Morgan fingerprint density at radius 1 is 0.903 bits per heavy atom. The van der Waals surface area contributed by atoms with E-state index >= 15 is 0 Å². The first-order valence-corrected chi connectivity index (χ1v) is 10.0. The summed E-state index contributed by atoms with van der Waals surface area (Å²) in [6.07, 6.45) is 0.860. The third kappa shape index (κ3) is 7.27. The van der Waals surface area contributed by atoms with E-state index in [4.69, 9.17) is 14.2 Å². The second-order valence-corrected chi connectivity index (χ2v) is 7.59. The molecule has 31 heavy (non-hydrogen) atoms. The van der Waals surface area contributed by atoms with Crippen molar-refractivity contribution in [2.45, 2.75) is 31.5 Å². The van der Waals surface area contributed by atoms with Gasteiger partial charge in [0, 0.05) is 11.5 Å². The minimum atomic E-state index is -0.923. The molecule has 0 bridgehead atoms. The number of benzene rings is 2. The lowest BCUT2D eigenvalue weighted by molar-refractivity contribution is -0.141. The van der Waals surface area contributed by atoms with E-state index in [1.54, 1.807) is 0 Å². The third-order valence-corrected chi connectivity index (χ3v) is 4.87. The molecule has 0 radical (unpaired) electrons. The third-order valence-electron chi connectivity index (χ3n) is 4.87. The highest BCUT2D eigenvalue weighted by Crippen LogP contribution is 2.33. The zero-order valence-electron chi connectivity index (χ0n) is 18.0. The van der Waals surface area contributed by atoms with Crippen LogP contribution < -0.4 is 9.47 Å². The van der Waals surface area contributed by atoms with Crippen LogP contribution in [0.5, 0.6) is 11.5 Å². The molecule has 2 rings (SSSR count). The summed E-state index contributed by atoms with van der Waals surface area (Å²) in [5.74, 6) is 0.708. The molecule has 2 aromatic rings. The zero-order valence-corrected chi connectivity index (χ0v) is 18.0. The van der Waals surface area contributed by atoms with Crippen LogP contribution in [0.1, 0.15) is 25.0 Å². The van der Waals surface area contributed by atoms with Gasteiger partial charge in [-0.05, 0) is 35.4 Å². The smallest absolute Gasteiger partial charge is 0.330 e. The highest BCUT2D eigenvalue weighted by Gasteiger charge is 2.23. The molecule has 2 atom stereocenters. The second kappa shape index (κ2) is 11.3. The van der Waals surface area contributed by atoms with Crippen LogP contribution in [0.3, 0.4) is 0 Å². The maximum atomic E-state index is 11.0. The van der Waals surface area contributed by atoms with Gasteiger partial charge in [-0.2, -0.15) is 0 Å². The van der Waals surface area contributed by atoms with Gasteiger partial charge in [0.15, 0.2) is 0 Å². The maximum Gasteiger partial charge on any atom is 0.330 e. The Balaban J connectivity index is 1.95. The quantitative estimate of drug-likeness (QED) is 0.307. The molecule has 1 unspecified atom stereocenters. The molecule has 0 saturated heterocycles. The summed E-state index contributed by atoms with van der Waals surface area (Å²) in [7, 11) is 0. The fraction of sp³-hybridized carbons (Fsp3) is 0.320. The number of hydrogen-bond donors (Lipinski definition) is 2. The molecule has 2 aromatic carbocycles. The predicted octanol–water partition coefficient (Wildman–Crippen LogP) is 3.41. The lowest BCUT2D eigenvalue weighted by Crippen LogP contribution is -2.24. The van der Waals surface area contributed by atoms with E-state index < -0.39 is 18.2 Å². The number of esters is 1. The van der Waals surface area contributed by atoms with Crippen LogP contribution in [0, 0.1) is 0 Å². The summed E-state index contributed by atoms with van der Waals surface area (Å²) in [6, 6.07) is 15.4. The van der Waals surface area contributed by atoms with Gasteiger partial charge in [0.25, 0.3) is 0 Å². The van der Waals surface area contributed by atoms with Gasteiger partial charge < -0.3 is 24.4 Å². The summed E-state index contributed by atoms with van der Waals surface area (Å²) < 4.78 is 15.9. The summed E-state index contributed by atoms with van der Waals surface area (Å²) in [5, 5.41) is 19.3. The van der Waals surface area contributed by atoms with E-state index in [1.165, 1.54) is 6.08 Å². The largest absolute Gasteiger partial charge is 0.491 e. The first-order chi connectivity index (χ1) is 14.8. The van der Waals surface area contributed by atoms with Crippen molar-refractivity contribution in [3.05, 3.63) is 85.0 Å². The molecule has 6 heteroatoms. The van der Waals surface area contributed by atoms with E-state index in [0.717, 1.165) is 17.2 Å². The number of aliphatic hydroxyl groups is 2. The summed E-state index contributed by atoms with van der Waals surface area (Å²) in [6.45, 7) is 11.1. The number of carbonyl (C=O) groups excluding carboxylic acids is 1. The Hall–Kier alpha value is -3.09. The minimum Gasteiger partial charge on any atom is -0.491 e. The van der Waals surface area contributed by atoms with Crippen molar-refractivity contribution >= 4 is 5.97 Å². The molecular weight excluding hydrogens is 396 g/mol. The SMILES string of the molecule is C=CC(=O)OCC(O)COc1ccc(C(C)(C)c2ccc(OC[C@@H](O)C=C)cc2)cc1. The number of rotatable bonds is 12. The molecule has 0 saturated carbocycles. The molecule has 0 fully saturated rings. The first kappa shape index (κ1) is 24.2. The molecule has 2 N–H and O–H groups in total. The molecule has 0 heterocycles. The maximum absolute atomic E-state index is 11.0. The van der Waals surface area contributed by atoms with Crippen molar-refractivity contribution in [3.63, 3.8) is 0 Å². The number of ether oxygens (including phenoxy) is 3. The van der Waals surface area contributed by atoms with Crippen LogP contribution in [-0.4, -0.2) is 48.2 Å². The van der Waals surface area contributed by atoms with Crippen molar-refractivity contribution in [3.8, 4) is 11.5 Å². The van der Waals surface area contributed by atoms with Crippen LogP contribution in [0.25, 0.3) is 0 Å². The van der Waals surface area contributed by atoms with Crippen molar-refractivity contribution in [1.29, 1.82) is 0 Å². The standard InChI is InChI=1S/C25H30O6/c1-5-20(26)15-29-22-11-7-18(8-12-22)25(3,4)19-9-13-23(14-10-19)30-16-21(27)17-31-24(28)6-2/h5-14,20-21,26-27H,1-2,15-17H2,3-4H3/t20-,21?/m0/s1. The summed E-state index contributed by atoms with van der Waals surface area (Å²) in [5.41, 5.74) is 1.95. The molecule has 0 aliphatic carbocycles. The van der Waals surface area contributed by atoms with E-state index in [0.29, 0.717) is 11.5 Å². The molecule has 6 nitrogen and oxygen atoms in total. The lowest BCUT2D eigenvalue weighted by Gasteiger charge is -2.26. The second-order valence-electron chi connectivity index (χ2n) is 7.59. The van der Waals surface area contributed by atoms with Gasteiger partial charge >= 0.3 is 5.97 Å². The van der Waals surface area contributed by atoms with Crippen LogP contribution in [0.15, 0.2) is 73.8 Å².